The molecule has 0 amide bonds. The van der Waals surface area contributed by atoms with E-state index in [9.17, 15) is 4.79 Å². The fraction of sp³-hybridized carbons (Fsp3) is 0.286. The molecule has 1 heterocycles. The minimum atomic E-state index is -1.17. The van der Waals surface area contributed by atoms with Crippen molar-refractivity contribution in [2.24, 2.45) is 12.8 Å². The molecule has 2 aromatic rings. The van der Waals surface area contributed by atoms with Gasteiger partial charge in [0.1, 0.15) is 5.54 Å². The Morgan fingerprint density at radius 1 is 1.45 bits per heavy atom. The third kappa shape index (κ3) is 3.02. The van der Waals surface area contributed by atoms with E-state index in [-0.39, 0.29) is 0 Å². The first-order valence-corrected chi connectivity index (χ1v) is 7.09. The second-order valence-corrected chi connectivity index (χ2v) is 5.52. The van der Waals surface area contributed by atoms with E-state index in [0.717, 1.165) is 10.5 Å². The van der Waals surface area contributed by atoms with Gasteiger partial charge in [-0.3, -0.25) is 4.68 Å². The first-order valence-electron chi connectivity index (χ1n) is 6.10. The minimum absolute atomic E-state index is 0.384. The Labute approximate surface area is 122 Å². The lowest BCUT2D eigenvalue weighted by Crippen LogP contribution is -2.48. The van der Waals surface area contributed by atoms with Crippen molar-refractivity contribution in [3.63, 3.8) is 0 Å². The zero-order valence-corrected chi connectivity index (χ0v) is 12.3. The number of ether oxygens (including phenoxy) is 1. The van der Waals surface area contributed by atoms with E-state index >= 15 is 0 Å². The van der Waals surface area contributed by atoms with Crippen molar-refractivity contribution in [3.05, 3.63) is 48.3 Å². The van der Waals surface area contributed by atoms with E-state index in [1.54, 1.807) is 10.9 Å². The number of thioether (sulfide) groups is 1. The third-order valence-electron chi connectivity index (χ3n) is 2.99. The molecule has 106 valence electrons. The molecule has 0 fully saturated rings. The monoisotopic (exact) mass is 291 g/mol. The summed E-state index contributed by atoms with van der Waals surface area (Å²) in [6.07, 6.45) is 3.63. The molecule has 0 aliphatic heterocycles. The standard InChI is InChI=1S/C14H17N3O2S/c1-17-9-12(8-16-17)20-10-14(15,13(18)19-2)11-6-4-3-5-7-11/h3-9H,10,15H2,1-2H3. The number of aromatic nitrogens is 2. The Kier molecular flexibility index (Phi) is 4.46. The summed E-state index contributed by atoms with van der Waals surface area (Å²) in [6, 6.07) is 9.26. The fourth-order valence-corrected chi connectivity index (χ4v) is 2.88. The molecule has 1 aromatic heterocycles. The van der Waals surface area contributed by atoms with Crippen LogP contribution in [0.25, 0.3) is 0 Å². The third-order valence-corrected chi connectivity index (χ3v) is 4.13. The molecule has 1 aromatic carbocycles. The number of rotatable bonds is 5. The summed E-state index contributed by atoms with van der Waals surface area (Å²) in [5.41, 5.74) is 5.87. The van der Waals surface area contributed by atoms with Gasteiger partial charge in [-0.05, 0) is 5.56 Å². The fourth-order valence-electron chi connectivity index (χ4n) is 1.85. The normalized spacial score (nSPS) is 13.8. The van der Waals surface area contributed by atoms with Crippen molar-refractivity contribution in [1.29, 1.82) is 0 Å². The van der Waals surface area contributed by atoms with Crippen molar-refractivity contribution in [2.45, 2.75) is 10.4 Å². The number of methoxy groups -OCH3 is 1. The molecule has 0 aliphatic carbocycles. The first kappa shape index (κ1) is 14.6. The number of esters is 1. The number of hydrogen-bond acceptors (Lipinski definition) is 5. The molecular weight excluding hydrogens is 274 g/mol. The molecule has 2 rings (SSSR count). The highest BCUT2D eigenvalue weighted by molar-refractivity contribution is 7.99. The van der Waals surface area contributed by atoms with Gasteiger partial charge in [-0.2, -0.15) is 5.10 Å². The average Bonchev–Trinajstić information content (AvgIpc) is 2.90. The van der Waals surface area contributed by atoms with Crippen molar-refractivity contribution >= 4 is 17.7 Å². The van der Waals surface area contributed by atoms with Crippen LogP contribution in [0.2, 0.25) is 0 Å². The number of aryl methyl sites for hydroxylation is 1. The highest BCUT2D eigenvalue weighted by atomic mass is 32.2. The highest BCUT2D eigenvalue weighted by Crippen LogP contribution is 2.28. The second-order valence-electron chi connectivity index (χ2n) is 4.47. The van der Waals surface area contributed by atoms with Crippen LogP contribution in [-0.2, 0) is 22.1 Å². The largest absolute Gasteiger partial charge is 0.467 e. The van der Waals surface area contributed by atoms with Gasteiger partial charge >= 0.3 is 5.97 Å². The van der Waals surface area contributed by atoms with E-state index < -0.39 is 11.5 Å². The SMILES string of the molecule is COC(=O)C(N)(CSc1cnn(C)c1)c1ccccc1. The Bertz CT molecular complexity index is 585. The Balaban J connectivity index is 2.22. The summed E-state index contributed by atoms with van der Waals surface area (Å²) in [5.74, 6) is -0.0601. The lowest BCUT2D eigenvalue weighted by molar-refractivity contribution is -0.146. The molecule has 0 radical (unpaired) electrons. The van der Waals surface area contributed by atoms with Gasteiger partial charge in [-0.1, -0.05) is 30.3 Å². The van der Waals surface area contributed by atoms with Crippen LogP contribution in [0.3, 0.4) is 0 Å². The van der Waals surface area contributed by atoms with E-state index in [2.05, 4.69) is 5.10 Å². The van der Waals surface area contributed by atoms with Gasteiger partial charge in [0.05, 0.1) is 13.3 Å². The zero-order valence-electron chi connectivity index (χ0n) is 11.4. The van der Waals surface area contributed by atoms with Crippen molar-refractivity contribution in [3.8, 4) is 0 Å². The maximum absolute atomic E-state index is 12.1. The quantitative estimate of drug-likeness (QED) is 0.668. The summed E-state index contributed by atoms with van der Waals surface area (Å²) in [5, 5.41) is 4.09. The van der Waals surface area contributed by atoms with Crippen molar-refractivity contribution in [2.75, 3.05) is 12.9 Å². The Morgan fingerprint density at radius 3 is 2.70 bits per heavy atom. The summed E-state index contributed by atoms with van der Waals surface area (Å²) in [6.45, 7) is 0. The van der Waals surface area contributed by atoms with Crippen LogP contribution in [0.15, 0.2) is 47.6 Å². The van der Waals surface area contributed by atoms with Crippen LogP contribution in [0.4, 0.5) is 0 Å². The Morgan fingerprint density at radius 2 is 2.15 bits per heavy atom. The summed E-state index contributed by atoms with van der Waals surface area (Å²) in [4.78, 5) is 13.0. The molecule has 6 heteroatoms. The van der Waals surface area contributed by atoms with E-state index in [1.165, 1.54) is 18.9 Å². The van der Waals surface area contributed by atoms with Gasteiger partial charge in [-0.15, -0.1) is 11.8 Å². The Hall–Kier alpha value is -1.79. The molecule has 20 heavy (non-hydrogen) atoms. The van der Waals surface area contributed by atoms with Crippen LogP contribution in [0.1, 0.15) is 5.56 Å². The molecule has 1 atom stereocenters. The maximum Gasteiger partial charge on any atom is 0.331 e. The molecule has 0 aliphatic rings. The first-order chi connectivity index (χ1) is 9.56. The zero-order chi connectivity index (χ0) is 14.6. The van der Waals surface area contributed by atoms with Crippen LogP contribution in [0.5, 0.6) is 0 Å². The average molecular weight is 291 g/mol. The summed E-state index contributed by atoms with van der Waals surface area (Å²) >= 11 is 1.48. The van der Waals surface area contributed by atoms with Crippen molar-refractivity contribution < 1.29 is 9.53 Å². The van der Waals surface area contributed by atoms with Crippen LogP contribution >= 0.6 is 11.8 Å². The number of carbonyl (C=O) groups excluding carboxylic acids is 1. The molecule has 2 N–H and O–H groups in total. The topological polar surface area (TPSA) is 70.1 Å². The van der Waals surface area contributed by atoms with Gasteiger partial charge in [-0.25, -0.2) is 4.79 Å². The predicted octanol–water partition coefficient (Wildman–Crippen LogP) is 1.54. The number of benzene rings is 1. The molecule has 0 spiro atoms. The number of carbonyl (C=O) groups is 1. The van der Waals surface area contributed by atoms with Crippen LogP contribution in [-0.4, -0.2) is 28.6 Å². The number of nitrogens with zero attached hydrogens (tertiary/aromatic N) is 2. The molecule has 0 saturated heterocycles. The lowest BCUT2D eigenvalue weighted by Gasteiger charge is -2.26. The summed E-state index contributed by atoms with van der Waals surface area (Å²) < 4.78 is 6.57. The minimum Gasteiger partial charge on any atom is -0.467 e. The number of hydrogen-bond donors (Lipinski definition) is 1. The maximum atomic E-state index is 12.1. The lowest BCUT2D eigenvalue weighted by atomic mass is 9.93. The van der Waals surface area contributed by atoms with Crippen LogP contribution < -0.4 is 5.73 Å². The molecule has 0 bridgehead atoms. The van der Waals surface area contributed by atoms with Gasteiger partial charge in [0.2, 0.25) is 0 Å². The predicted molar refractivity (Wildman–Crippen MR) is 78.3 cm³/mol. The van der Waals surface area contributed by atoms with E-state index in [1.807, 2.05) is 43.6 Å². The molecule has 0 saturated carbocycles. The van der Waals surface area contributed by atoms with Crippen molar-refractivity contribution in [1.82, 2.24) is 9.78 Å². The van der Waals surface area contributed by atoms with E-state index in [4.69, 9.17) is 10.5 Å². The van der Waals surface area contributed by atoms with Gasteiger partial charge in [0, 0.05) is 23.9 Å². The van der Waals surface area contributed by atoms with Crippen LogP contribution in [0, 0.1) is 0 Å². The highest BCUT2D eigenvalue weighted by Gasteiger charge is 2.37. The molecule has 1 unspecified atom stereocenters. The van der Waals surface area contributed by atoms with Gasteiger partial charge < -0.3 is 10.5 Å². The molecular formula is C14H17N3O2S. The second kappa shape index (κ2) is 6.11. The smallest absolute Gasteiger partial charge is 0.331 e. The summed E-state index contributed by atoms with van der Waals surface area (Å²) in [7, 11) is 3.19. The molecule has 5 nitrogen and oxygen atoms in total. The number of nitrogens with two attached hydrogens (primary N) is 1. The van der Waals surface area contributed by atoms with Gasteiger partial charge in [0.15, 0.2) is 0 Å². The van der Waals surface area contributed by atoms with Gasteiger partial charge in [0.25, 0.3) is 0 Å². The van der Waals surface area contributed by atoms with E-state index in [0.29, 0.717) is 5.75 Å².